The van der Waals surface area contributed by atoms with Gasteiger partial charge in [0.05, 0.1) is 24.6 Å². The van der Waals surface area contributed by atoms with Gasteiger partial charge in [-0.15, -0.1) is 11.3 Å². The van der Waals surface area contributed by atoms with Gasteiger partial charge in [0.25, 0.3) is 0 Å². The Labute approximate surface area is 137 Å². The number of carbonyl (C=O) groups excluding carboxylic acids is 1. The fourth-order valence-corrected chi connectivity index (χ4v) is 2.83. The van der Waals surface area contributed by atoms with Gasteiger partial charge in [0, 0.05) is 37.4 Å². The van der Waals surface area contributed by atoms with Crippen molar-refractivity contribution in [2.45, 2.75) is 19.4 Å². The van der Waals surface area contributed by atoms with Crippen LogP contribution < -0.4 is 5.32 Å². The number of aryl methyl sites for hydroxylation is 2. The van der Waals surface area contributed by atoms with Crippen molar-refractivity contribution in [3.63, 3.8) is 0 Å². The Morgan fingerprint density at radius 2 is 2.26 bits per heavy atom. The lowest BCUT2D eigenvalue weighted by Gasteiger charge is -2.02. The molecule has 23 heavy (non-hydrogen) atoms. The van der Waals surface area contributed by atoms with Crippen LogP contribution in [0.4, 0.5) is 0 Å². The molecule has 0 spiro atoms. The summed E-state index contributed by atoms with van der Waals surface area (Å²) in [4.78, 5) is 24.6. The van der Waals surface area contributed by atoms with Gasteiger partial charge in [-0.3, -0.25) is 19.4 Å². The van der Waals surface area contributed by atoms with E-state index >= 15 is 0 Å². The first kappa shape index (κ1) is 15.3. The van der Waals surface area contributed by atoms with Gasteiger partial charge in [-0.05, 0) is 12.0 Å². The monoisotopic (exact) mass is 328 g/mol. The molecule has 118 valence electrons. The number of thiazole rings is 1. The lowest BCUT2D eigenvalue weighted by Crippen LogP contribution is -2.23. The van der Waals surface area contributed by atoms with Crippen molar-refractivity contribution < 1.29 is 4.79 Å². The van der Waals surface area contributed by atoms with E-state index in [0.717, 1.165) is 22.0 Å². The van der Waals surface area contributed by atoms with Crippen LogP contribution in [0.1, 0.15) is 17.7 Å². The molecule has 0 aliphatic heterocycles. The maximum Gasteiger partial charge on any atom is 0.220 e. The zero-order valence-corrected chi connectivity index (χ0v) is 13.5. The summed E-state index contributed by atoms with van der Waals surface area (Å²) in [7, 11) is 1.86. The Bertz CT molecular complexity index is 782. The lowest BCUT2D eigenvalue weighted by atomic mass is 10.2. The predicted molar refractivity (Wildman–Crippen MR) is 86.5 cm³/mol. The highest BCUT2D eigenvalue weighted by Gasteiger charge is 2.08. The van der Waals surface area contributed by atoms with Crippen LogP contribution in [-0.2, 0) is 24.8 Å². The first-order valence-electron chi connectivity index (χ1n) is 7.16. The first-order valence-corrected chi connectivity index (χ1v) is 8.03. The van der Waals surface area contributed by atoms with E-state index in [1.165, 1.54) is 11.3 Å². The van der Waals surface area contributed by atoms with Gasteiger partial charge in [0.15, 0.2) is 0 Å². The molecule has 0 aliphatic carbocycles. The molecule has 0 aliphatic rings. The van der Waals surface area contributed by atoms with Crippen LogP contribution in [0.15, 0.2) is 36.4 Å². The maximum atomic E-state index is 11.9. The number of nitrogens with one attached hydrogen (secondary N) is 1. The van der Waals surface area contributed by atoms with Gasteiger partial charge in [0.2, 0.25) is 5.91 Å². The average molecular weight is 328 g/mol. The van der Waals surface area contributed by atoms with Gasteiger partial charge in [-0.25, -0.2) is 4.98 Å². The molecule has 1 N–H and O–H groups in total. The second kappa shape index (κ2) is 7.10. The van der Waals surface area contributed by atoms with Crippen molar-refractivity contribution in [2.75, 3.05) is 0 Å². The minimum absolute atomic E-state index is 0.00269. The topological polar surface area (TPSA) is 85.6 Å². The maximum absolute atomic E-state index is 11.9. The van der Waals surface area contributed by atoms with Crippen molar-refractivity contribution in [3.8, 4) is 10.7 Å². The van der Waals surface area contributed by atoms with E-state index in [-0.39, 0.29) is 5.91 Å². The molecule has 0 bridgehead atoms. The number of aromatic nitrogens is 5. The molecular weight excluding hydrogens is 312 g/mol. The zero-order valence-electron chi connectivity index (χ0n) is 12.6. The SMILES string of the molecule is Cn1cc(CCC(=O)NCc2csc(-c3cnccn3)n2)cn1. The van der Waals surface area contributed by atoms with E-state index < -0.39 is 0 Å². The highest BCUT2D eigenvalue weighted by molar-refractivity contribution is 7.13. The van der Waals surface area contributed by atoms with Gasteiger partial charge in [0.1, 0.15) is 10.7 Å². The molecule has 8 heteroatoms. The minimum atomic E-state index is 0.00269. The van der Waals surface area contributed by atoms with Crippen LogP contribution in [0.3, 0.4) is 0 Å². The zero-order chi connectivity index (χ0) is 16.1. The van der Waals surface area contributed by atoms with Crippen LogP contribution in [0.2, 0.25) is 0 Å². The van der Waals surface area contributed by atoms with E-state index in [4.69, 9.17) is 0 Å². The Morgan fingerprint density at radius 1 is 1.35 bits per heavy atom. The van der Waals surface area contributed by atoms with Gasteiger partial charge < -0.3 is 5.32 Å². The molecule has 0 unspecified atom stereocenters. The Balaban J connectivity index is 1.48. The third kappa shape index (κ3) is 4.19. The molecular formula is C15H16N6OS. The second-order valence-electron chi connectivity index (χ2n) is 5.03. The summed E-state index contributed by atoms with van der Waals surface area (Å²) in [6.45, 7) is 0.419. The number of amides is 1. The molecule has 0 aromatic carbocycles. The van der Waals surface area contributed by atoms with Gasteiger partial charge in [-0.2, -0.15) is 5.10 Å². The molecule has 0 saturated carbocycles. The lowest BCUT2D eigenvalue weighted by molar-refractivity contribution is -0.121. The second-order valence-corrected chi connectivity index (χ2v) is 5.89. The minimum Gasteiger partial charge on any atom is -0.350 e. The number of rotatable bonds is 6. The number of nitrogens with zero attached hydrogens (tertiary/aromatic N) is 5. The highest BCUT2D eigenvalue weighted by Crippen LogP contribution is 2.20. The first-order chi connectivity index (χ1) is 11.2. The largest absolute Gasteiger partial charge is 0.350 e. The van der Waals surface area contributed by atoms with E-state index in [0.29, 0.717) is 19.4 Å². The van der Waals surface area contributed by atoms with E-state index in [1.54, 1.807) is 29.5 Å². The van der Waals surface area contributed by atoms with Gasteiger partial charge >= 0.3 is 0 Å². The van der Waals surface area contributed by atoms with E-state index in [2.05, 4.69) is 25.4 Å². The predicted octanol–water partition coefficient (Wildman–Crippen LogP) is 1.58. The van der Waals surface area contributed by atoms with Crippen LogP contribution in [0.25, 0.3) is 10.7 Å². The molecule has 0 saturated heterocycles. The van der Waals surface area contributed by atoms with Crippen LogP contribution in [0.5, 0.6) is 0 Å². The van der Waals surface area contributed by atoms with Crippen molar-refractivity contribution in [2.24, 2.45) is 7.05 Å². The van der Waals surface area contributed by atoms with Crippen LogP contribution in [-0.4, -0.2) is 30.6 Å². The quantitative estimate of drug-likeness (QED) is 0.742. The highest BCUT2D eigenvalue weighted by atomic mass is 32.1. The summed E-state index contributed by atoms with van der Waals surface area (Å²) >= 11 is 1.49. The summed E-state index contributed by atoms with van der Waals surface area (Å²) < 4.78 is 1.73. The molecule has 0 fully saturated rings. The van der Waals surface area contributed by atoms with E-state index in [1.807, 2.05) is 18.6 Å². The van der Waals surface area contributed by atoms with E-state index in [9.17, 15) is 4.79 Å². The number of hydrogen-bond donors (Lipinski definition) is 1. The number of carbonyl (C=O) groups is 1. The molecule has 3 aromatic rings. The summed E-state index contributed by atoms with van der Waals surface area (Å²) in [5, 5.41) is 9.69. The third-order valence-electron chi connectivity index (χ3n) is 3.20. The molecule has 0 atom stereocenters. The van der Waals surface area contributed by atoms with Crippen molar-refractivity contribution in [1.82, 2.24) is 30.0 Å². The summed E-state index contributed by atoms with van der Waals surface area (Å²) in [5.41, 5.74) is 2.62. The smallest absolute Gasteiger partial charge is 0.220 e. The van der Waals surface area contributed by atoms with Crippen molar-refractivity contribution >= 4 is 17.2 Å². The average Bonchev–Trinajstić information content (AvgIpc) is 3.21. The molecule has 1 amide bonds. The summed E-state index contributed by atoms with van der Waals surface area (Å²) in [6.07, 6.45) is 9.75. The molecule has 7 nitrogen and oxygen atoms in total. The molecule has 0 radical (unpaired) electrons. The van der Waals surface area contributed by atoms with Crippen molar-refractivity contribution in [1.29, 1.82) is 0 Å². The van der Waals surface area contributed by atoms with Crippen LogP contribution in [0, 0.1) is 0 Å². The number of hydrogen-bond acceptors (Lipinski definition) is 6. The summed E-state index contributed by atoms with van der Waals surface area (Å²) in [5.74, 6) is 0.00269. The Hall–Kier alpha value is -2.61. The normalized spacial score (nSPS) is 10.7. The van der Waals surface area contributed by atoms with Crippen LogP contribution >= 0.6 is 11.3 Å². The standard InChI is InChI=1S/C15H16N6OS/c1-21-9-11(6-19-21)2-3-14(22)18-7-12-10-23-15(20-12)13-8-16-4-5-17-13/h4-6,8-10H,2-3,7H2,1H3,(H,18,22). The fourth-order valence-electron chi connectivity index (χ4n) is 2.05. The van der Waals surface area contributed by atoms with Crippen molar-refractivity contribution in [3.05, 3.63) is 47.6 Å². The summed E-state index contributed by atoms with van der Waals surface area (Å²) in [6, 6.07) is 0. The Morgan fingerprint density at radius 3 is 3.00 bits per heavy atom. The molecule has 3 heterocycles. The molecule has 3 aromatic heterocycles. The fraction of sp³-hybridized carbons (Fsp3) is 0.267. The van der Waals surface area contributed by atoms with Gasteiger partial charge in [-0.1, -0.05) is 0 Å². The third-order valence-corrected chi connectivity index (χ3v) is 4.11. The Kier molecular flexibility index (Phi) is 4.72. The molecule has 3 rings (SSSR count).